The van der Waals surface area contributed by atoms with Gasteiger partial charge in [-0.1, -0.05) is 51.1 Å². The van der Waals surface area contributed by atoms with Crippen molar-refractivity contribution in [1.29, 1.82) is 0 Å². The SMILES string of the molecule is CC(C)(C)N[C@H](CCCc1ccccc1)C(=O)C(C)(C)C. The molecule has 0 bridgehead atoms. The fourth-order valence-electron chi connectivity index (χ4n) is 2.47. The molecule has 0 aliphatic heterocycles. The van der Waals surface area contributed by atoms with Crippen molar-refractivity contribution in [3.05, 3.63) is 35.9 Å². The van der Waals surface area contributed by atoms with Gasteiger partial charge in [0, 0.05) is 11.0 Å². The number of carbonyl (C=O) groups is 1. The molecule has 1 aromatic rings. The monoisotopic (exact) mass is 289 g/mol. The van der Waals surface area contributed by atoms with Crippen molar-refractivity contribution < 1.29 is 4.79 Å². The zero-order chi connectivity index (χ0) is 16.1. The minimum atomic E-state index is -0.296. The van der Waals surface area contributed by atoms with Gasteiger partial charge in [0.2, 0.25) is 0 Å². The molecule has 118 valence electrons. The first-order chi connectivity index (χ1) is 9.59. The Balaban J connectivity index is 2.63. The van der Waals surface area contributed by atoms with Gasteiger partial charge in [-0.15, -0.1) is 0 Å². The van der Waals surface area contributed by atoms with E-state index in [1.807, 2.05) is 26.8 Å². The Morgan fingerprint density at radius 1 is 1.05 bits per heavy atom. The third-order valence-electron chi connectivity index (χ3n) is 3.46. The minimum absolute atomic E-state index is 0.0433. The van der Waals surface area contributed by atoms with Gasteiger partial charge in [0.1, 0.15) is 0 Å². The molecule has 1 aromatic carbocycles. The molecule has 0 saturated carbocycles. The van der Waals surface area contributed by atoms with Gasteiger partial charge < -0.3 is 5.32 Å². The van der Waals surface area contributed by atoms with Gasteiger partial charge in [-0.25, -0.2) is 0 Å². The molecule has 0 radical (unpaired) electrons. The summed E-state index contributed by atoms with van der Waals surface area (Å²) in [5, 5.41) is 3.50. The molecule has 0 aromatic heterocycles. The van der Waals surface area contributed by atoms with E-state index in [1.165, 1.54) is 5.56 Å². The van der Waals surface area contributed by atoms with E-state index >= 15 is 0 Å². The Labute approximate surface area is 130 Å². The molecule has 0 spiro atoms. The normalized spacial score (nSPS) is 14.0. The Kier molecular flexibility index (Phi) is 6.15. The first kappa shape index (κ1) is 17.9. The number of hydrogen-bond acceptors (Lipinski definition) is 2. The predicted octanol–water partition coefficient (Wildman–Crippen LogP) is 4.38. The van der Waals surface area contributed by atoms with E-state index in [9.17, 15) is 4.79 Å². The van der Waals surface area contributed by atoms with Gasteiger partial charge >= 0.3 is 0 Å². The Hall–Kier alpha value is -1.15. The lowest BCUT2D eigenvalue weighted by molar-refractivity contribution is -0.129. The highest BCUT2D eigenvalue weighted by atomic mass is 16.1. The molecule has 0 saturated heterocycles. The van der Waals surface area contributed by atoms with Gasteiger partial charge in [-0.05, 0) is 45.6 Å². The lowest BCUT2D eigenvalue weighted by Gasteiger charge is -2.31. The summed E-state index contributed by atoms with van der Waals surface area (Å²) in [7, 11) is 0. The van der Waals surface area contributed by atoms with Crippen molar-refractivity contribution in [3.63, 3.8) is 0 Å². The Morgan fingerprint density at radius 3 is 2.10 bits per heavy atom. The smallest absolute Gasteiger partial charge is 0.155 e. The first-order valence-corrected chi connectivity index (χ1v) is 7.95. The van der Waals surface area contributed by atoms with Crippen LogP contribution in [0.2, 0.25) is 0 Å². The third kappa shape index (κ3) is 6.90. The lowest BCUT2D eigenvalue weighted by atomic mass is 9.83. The summed E-state index contributed by atoms with van der Waals surface area (Å²) in [4.78, 5) is 12.6. The summed E-state index contributed by atoms with van der Waals surface area (Å²) in [6.07, 6.45) is 2.95. The van der Waals surface area contributed by atoms with Crippen LogP contribution in [0, 0.1) is 5.41 Å². The average Bonchev–Trinajstić information content (AvgIpc) is 2.35. The van der Waals surface area contributed by atoms with Crippen LogP contribution in [0.3, 0.4) is 0 Å². The molecular weight excluding hydrogens is 258 g/mol. The van der Waals surface area contributed by atoms with Crippen LogP contribution in [-0.2, 0) is 11.2 Å². The highest BCUT2D eigenvalue weighted by Crippen LogP contribution is 2.21. The van der Waals surface area contributed by atoms with Gasteiger partial charge in [-0.2, -0.15) is 0 Å². The second-order valence-corrected chi connectivity index (χ2v) is 7.94. The predicted molar refractivity (Wildman–Crippen MR) is 90.5 cm³/mol. The molecule has 0 unspecified atom stereocenters. The molecule has 2 nitrogen and oxygen atoms in total. The van der Waals surface area contributed by atoms with Crippen molar-refractivity contribution >= 4 is 5.78 Å². The van der Waals surface area contributed by atoms with E-state index < -0.39 is 0 Å². The molecule has 21 heavy (non-hydrogen) atoms. The van der Waals surface area contributed by atoms with Crippen LogP contribution in [-0.4, -0.2) is 17.4 Å². The highest BCUT2D eigenvalue weighted by molar-refractivity contribution is 5.88. The summed E-state index contributed by atoms with van der Waals surface area (Å²) >= 11 is 0. The van der Waals surface area contributed by atoms with Crippen LogP contribution in [0.4, 0.5) is 0 Å². The zero-order valence-electron chi connectivity index (χ0n) is 14.5. The largest absolute Gasteiger partial charge is 0.303 e. The number of carbonyl (C=O) groups excluding carboxylic acids is 1. The topological polar surface area (TPSA) is 29.1 Å². The second-order valence-electron chi connectivity index (χ2n) is 7.94. The Bertz CT molecular complexity index is 437. The first-order valence-electron chi connectivity index (χ1n) is 7.95. The molecule has 1 rings (SSSR count). The van der Waals surface area contributed by atoms with Crippen molar-refractivity contribution in [1.82, 2.24) is 5.32 Å². The fraction of sp³-hybridized carbons (Fsp3) is 0.632. The average molecular weight is 289 g/mol. The van der Waals surface area contributed by atoms with Crippen molar-refractivity contribution in [2.75, 3.05) is 0 Å². The fourth-order valence-corrected chi connectivity index (χ4v) is 2.47. The summed E-state index contributed by atoms with van der Waals surface area (Å²) < 4.78 is 0. The van der Waals surface area contributed by atoms with Crippen LogP contribution in [0.5, 0.6) is 0 Å². The minimum Gasteiger partial charge on any atom is -0.303 e. The van der Waals surface area contributed by atoms with Crippen molar-refractivity contribution in [2.45, 2.75) is 72.4 Å². The van der Waals surface area contributed by atoms with E-state index in [0.29, 0.717) is 5.78 Å². The van der Waals surface area contributed by atoms with Gasteiger partial charge in [0.05, 0.1) is 6.04 Å². The van der Waals surface area contributed by atoms with Gasteiger partial charge in [-0.3, -0.25) is 4.79 Å². The quantitative estimate of drug-likeness (QED) is 0.842. The van der Waals surface area contributed by atoms with E-state index in [0.717, 1.165) is 19.3 Å². The van der Waals surface area contributed by atoms with Crippen molar-refractivity contribution in [3.8, 4) is 0 Å². The number of aryl methyl sites for hydroxylation is 1. The summed E-state index contributed by atoms with van der Waals surface area (Å²) in [5.74, 6) is 0.311. The molecule has 2 heteroatoms. The lowest BCUT2D eigenvalue weighted by Crippen LogP contribution is -2.50. The van der Waals surface area contributed by atoms with E-state index in [4.69, 9.17) is 0 Å². The third-order valence-corrected chi connectivity index (χ3v) is 3.46. The van der Waals surface area contributed by atoms with Crippen LogP contribution in [0.1, 0.15) is 59.9 Å². The Morgan fingerprint density at radius 2 is 1.62 bits per heavy atom. The van der Waals surface area contributed by atoms with E-state index in [-0.39, 0.29) is 17.0 Å². The van der Waals surface area contributed by atoms with Crippen LogP contribution >= 0.6 is 0 Å². The number of nitrogens with one attached hydrogen (secondary N) is 1. The molecule has 0 aliphatic rings. The molecule has 0 fully saturated rings. The maximum atomic E-state index is 12.6. The standard InChI is InChI=1S/C19H31NO/c1-18(2,3)17(21)16(20-19(4,5)6)14-10-13-15-11-8-7-9-12-15/h7-9,11-12,16,20H,10,13-14H2,1-6H3/t16-/m1/s1. The second kappa shape index (κ2) is 7.22. The van der Waals surface area contributed by atoms with E-state index in [1.54, 1.807) is 0 Å². The number of rotatable bonds is 6. The highest BCUT2D eigenvalue weighted by Gasteiger charge is 2.31. The molecule has 0 heterocycles. The zero-order valence-corrected chi connectivity index (χ0v) is 14.5. The number of Topliss-reactive ketones (excluding diaryl/α,β-unsaturated/α-hetero) is 1. The molecule has 0 amide bonds. The molecular formula is C19H31NO. The number of hydrogen-bond donors (Lipinski definition) is 1. The summed E-state index contributed by atoms with van der Waals surface area (Å²) in [6.45, 7) is 12.4. The van der Waals surface area contributed by atoms with Gasteiger partial charge in [0.25, 0.3) is 0 Å². The van der Waals surface area contributed by atoms with Gasteiger partial charge in [0.15, 0.2) is 5.78 Å². The summed E-state index contributed by atoms with van der Waals surface area (Å²) in [6, 6.07) is 10.4. The van der Waals surface area contributed by atoms with Crippen molar-refractivity contribution in [2.24, 2.45) is 5.41 Å². The van der Waals surface area contributed by atoms with Crippen LogP contribution < -0.4 is 5.32 Å². The number of ketones is 1. The molecule has 0 aliphatic carbocycles. The van der Waals surface area contributed by atoms with E-state index in [2.05, 4.69) is 50.4 Å². The molecule has 1 atom stereocenters. The van der Waals surface area contributed by atoms with Crippen LogP contribution in [0.25, 0.3) is 0 Å². The maximum absolute atomic E-state index is 12.6. The summed E-state index contributed by atoms with van der Waals surface area (Å²) in [5.41, 5.74) is 1.00. The number of benzene rings is 1. The molecule has 1 N–H and O–H groups in total. The maximum Gasteiger partial charge on any atom is 0.155 e. The van der Waals surface area contributed by atoms with Crippen LogP contribution in [0.15, 0.2) is 30.3 Å².